The van der Waals surface area contributed by atoms with E-state index in [1.807, 2.05) is 12.2 Å². The second-order valence-electron chi connectivity index (χ2n) is 10.4. The quantitative estimate of drug-likeness (QED) is 0.400. The van der Waals surface area contributed by atoms with Crippen LogP contribution in [0, 0.1) is 5.92 Å². The Balaban J connectivity index is 1.84. The minimum Gasteiger partial charge on any atom is -0.464 e. The number of amides is 2. The molecule has 35 heavy (non-hydrogen) atoms. The molecule has 1 saturated carbocycles. The number of fused-ring (bicyclic) bond motifs is 2. The van der Waals surface area contributed by atoms with E-state index in [9.17, 15) is 19.5 Å². The van der Waals surface area contributed by atoms with Gasteiger partial charge in [0.2, 0.25) is 5.91 Å². The lowest BCUT2D eigenvalue weighted by molar-refractivity contribution is -0.149. The SMILES string of the molecule is C=C1[C@@H](NC(=O)OC(C)(C)C)COCCC/C=C\[C@@H]2C[C@@]2(C(=O)OCC)NC(=O)[C@@H]2C[C@@H](O)CN12. The normalized spacial score (nSPS) is 32.8. The molecule has 0 radical (unpaired) electrons. The van der Waals surface area contributed by atoms with Crippen molar-refractivity contribution in [1.29, 1.82) is 0 Å². The van der Waals surface area contributed by atoms with Crippen molar-refractivity contribution in [3.05, 3.63) is 24.4 Å². The highest BCUT2D eigenvalue weighted by Crippen LogP contribution is 2.46. The zero-order valence-electron chi connectivity index (χ0n) is 21.2. The number of hydrogen-bond acceptors (Lipinski definition) is 8. The Labute approximate surface area is 207 Å². The Morgan fingerprint density at radius 1 is 1.40 bits per heavy atom. The summed E-state index contributed by atoms with van der Waals surface area (Å²) >= 11 is 0. The smallest absolute Gasteiger partial charge is 0.408 e. The van der Waals surface area contributed by atoms with Gasteiger partial charge in [0.1, 0.15) is 17.2 Å². The van der Waals surface area contributed by atoms with Gasteiger partial charge in [0, 0.05) is 31.2 Å². The van der Waals surface area contributed by atoms with Gasteiger partial charge in [0.25, 0.3) is 0 Å². The summed E-state index contributed by atoms with van der Waals surface area (Å²) in [5, 5.41) is 16.1. The van der Waals surface area contributed by atoms with E-state index in [-0.39, 0.29) is 32.1 Å². The molecule has 2 fully saturated rings. The van der Waals surface area contributed by atoms with E-state index < -0.39 is 47.3 Å². The number of aliphatic hydroxyl groups excluding tert-OH is 1. The molecule has 5 atom stereocenters. The zero-order chi connectivity index (χ0) is 25.8. The standard InChI is InChI=1S/C25H39N3O7/c1-6-34-22(31)25-13-17(25)10-8-7-9-11-33-15-19(26-23(32)35-24(3,4)5)16(2)28-14-18(29)12-20(28)21(30)27-25/h8,10,17-20,29H,2,6-7,9,11-15H2,1,3-5H3,(H,26,32)(H,27,30)/b10-8-/t17-,18-,19+,20+,25-/m1/s1. The first-order valence-electron chi connectivity index (χ1n) is 12.3. The van der Waals surface area contributed by atoms with Crippen LogP contribution in [0.15, 0.2) is 24.4 Å². The molecule has 3 aliphatic rings. The van der Waals surface area contributed by atoms with Crippen LogP contribution in [0.2, 0.25) is 0 Å². The molecule has 2 amide bonds. The minimum atomic E-state index is -1.10. The molecule has 0 bridgehead atoms. The lowest BCUT2D eigenvalue weighted by atomic mass is 10.1. The van der Waals surface area contributed by atoms with Crippen molar-refractivity contribution in [2.45, 2.75) is 82.7 Å². The number of allylic oxidation sites excluding steroid dienone is 1. The Morgan fingerprint density at radius 3 is 2.83 bits per heavy atom. The third-order valence-electron chi connectivity index (χ3n) is 6.36. The van der Waals surface area contributed by atoms with E-state index in [4.69, 9.17) is 14.2 Å². The number of hydrogen-bond donors (Lipinski definition) is 3. The van der Waals surface area contributed by atoms with Crippen molar-refractivity contribution in [1.82, 2.24) is 15.5 Å². The average molecular weight is 494 g/mol. The van der Waals surface area contributed by atoms with Crippen LogP contribution < -0.4 is 10.6 Å². The van der Waals surface area contributed by atoms with Gasteiger partial charge >= 0.3 is 12.1 Å². The van der Waals surface area contributed by atoms with E-state index in [0.29, 0.717) is 18.7 Å². The molecule has 3 N–H and O–H groups in total. The molecule has 2 aliphatic heterocycles. The van der Waals surface area contributed by atoms with Gasteiger partial charge in [0.15, 0.2) is 0 Å². The Morgan fingerprint density at radius 2 is 2.14 bits per heavy atom. The first-order chi connectivity index (χ1) is 16.5. The third kappa shape index (κ3) is 6.76. The first kappa shape index (κ1) is 27.0. The molecular formula is C25H39N3O7. The molecule has 0 aromatic carbocycles. The van der Waals surface area contributed by atoms with Crippen LogP contribution in [0.1, 0.15) is 53.4 Å². The minimum absolute atomic E-state index is 0.137. The van der Waals surface area contributed by atoms with Gasteiger partial charge in [-0.05, 0) is 47.0 Å². The van der Waals surface area contributed by atoms with Gasteiger partial charge in [-0.15, -0.1) is 0 Å². The maximum atomic E-state index is 13.4. The monoisotopic (exact) mass is 493 g/mol. The van der Waals surface area contributed by atoms with Gasteiger partial charge in [0.05, 0.1) is 25.4 Å². The maximum Gasteiger partial charge on any atom is 0.408 e. The number of carbonyl (C=O) groups excluding carboxylic acids is 3. The molecule has 3 rings (SSSR count). The molecular weight excluding hydrogens is 454 g/mol. The molecule has 196 valence electrons. The van der Waals surface area contributed by atoms with Gasteiger partial charge in [-0.2, -0.15) is 0 Å². The first-order valence-corrected chi connectivity index (χ1v) is 12.3. The highest BCUT2D eigenvalue weighted by Gasteiger charge is 2.62. The number of esters is 1. The van der Waals surface area contributed by atoms with E-state index >= 15 is 0 Å². The fourth-order valence-electron chi connectivity index (χ4n) is 4.53. The molecule has 0 spiro atoms. The van der Waals surface area contributed by atoms with E-state index in [0.717, 1.165) is 12.8 Å². The molecule has 0 aromatic rings. The lowest BCUT2D eigenvalue weighted by Gasteiger charge is -2.33. The summed E-state index contributed by atoms with van der Waals surface area (Å²) in [4.78, 5) is 40.4. The maximum absolute atomic E-state index is 13.4. The Kier molecular flexibility index (Phi) is 8.48. The van der Waals surface area contributed by atoms with Crippen molar-refractivity contribution >= 4 is 18.0 Å². The number of nitrogens with zero attached hydrogens (tertiary/aromatic N) is 1. The van der Waals surface area contributed by atoms with Crippen molar-refractivity contribution in [3.63, 3.8) is 0 Å². The predicted molar refractivity (Wildman–Crippen MR) is 128 cm³/mol. The number of ether oxygens (including phenoxy) is 3. The number of nitrogens with one attached hydrogen (secondary N) is 2. The average Bonchev–Trinajstić information content (AvgIpc) is 3.30. The molecule has 0 aromatic heterocycles. The van der Waals surface area contributed by atoms with E-state index in [1.54, 1.807) is 32.6 Å². The van der Waals surface area contributed by atoms with Crippen LogP contribution in [-0.4, -0.2) is 83.7 Å². The van der Waals surface area contributed by atoms with Crippen LogP contribution in [-0.2, 0) is 23.8 Å². The largest absolute Gasteiger partial charge is 0.464 e. The Hall–Kier alpha value is -2.59. The number of carbonyl (C=O) groups is 3. The lowest BCUT2D eigenvalue weighted by Crippen LogP contribution is -2.54. The van der Waals surface area contributed by atoms with Gasteiger partial charge in [-0.3, -0.25) is 4.79 Å². The molecule has 2 heterocycles. The van der Waals surface area contributed by atoms with E-state index in [1.165, 1.54) is 0 Å². The fourth-order valence-corrected chi connectivity index (χ4v) is 4.53. The molecule has 10 nitrogen and oxygen atoms in total. The molecule has 1 aliphatic carbocycles. The molecule has 0 unspecified atom stereocenters. The van der Waals surface area contributed by atoms with Crippen LogP contribution in [0.25, 0.3) is 0 Å². The zero-order valence-corrected chi connectivity index (χ0v) is 21.2. The van der Waals surface area contributed by atoms with Gasteiger partial charge < -0.3 is 34.9 Å². The summed E-state index contributed by atoms with van der Waals surface area (Å²) in [6.07, 6.45) is 4.67. The summed E-state index contributed by atoms with van der Waals surface area (Å²) in [5.74, 6) is -0.997. The second kappa shape index (κ2) is 11.0. The van der Waals surface area contributed by atoms with Crippen LogP contribution in [0.3, 0.4) is 0 Å². The topological polar surface area (TPSA) is 126 Å². The van der Waals surface area contributed by atoms with Crippen LogP contribution in [0.4, 0.5) is 4.79 Å². The summed E-state index contributed by atoms with van der Waals surface area (Å²) in [5.41, 5.74) is -1.36. The van der Waals surface area contributed by atoms with Crippen molar-refractivity contribution in [3.8, 4) is 0 Å². The third-order valence-corrected chi connectivity index (χ3v) is 6.36. The number of aliphatic hydroxyl groups is 1. The van der Waals surface area contributed by atoms with Gasteiger partial charge in [-0.1, -0.05) is 18.7 Å². The second-order valence-corrected chi connectivity index (χ2v) is 10.4. The predicted octanol–water partition coefficient (Wildman–Crippen LogP) is 1.63. The van der Waals surface area contributed by atoms with Crippen LogP contribution >= 0.6 is 0 Å². The summed E-state index contributed by atoms with van der Waals surface area (Å²) in [6, 6.07) is -1.43. The number of rotatable bonds is 3. The number of alkyl carbamates (subject to hydrolysis) is 1. The van der Waals surface area contributed by atoms with Crippen molar-refractivity contribution in [2.75, 3.05) is 26.4 Å². The molecule has 10 heteroatoms. The summed E-state index contributed by atoms with van der Waals surface area (Å²) in [7, 11) is 0. The highest BCUT2D eigenvalue weighted by atomic mass is 16.6. The fraction of sp³-hybridized carbons (Fsp3) is 0.720. The summed E-state index contributed by atoms with van der Waals surface area (Å²) in [6.45, 7) is 12.1. The van der Waals surface area contributed by atoms with Gasteiger partial charge in [-0.25, -0.2) is 9.59 Å². The summed E-state index contributed by atoms with van der Waals surface area (Å²) < 4.78 is 16.5. The van der Waals surface area contributed by atoms with Crippen molar-refractivity contribution in [2.24, 2.45) is 5.92 Å². The molecule has 1 saturated heterocycles. The van der Waals surface area contributed by atoms with E-state index in [2.05, 4.69) is 17.2 Å². The van der Waals surface area contributed by atoms with Crippen LogP contribution in [0.5, 0.6) is 0 Å². The highest BCUT2D eigenvalue weighted by molar-refractivity contribution is 5.94. The van der Waals surface area contributed by atoms with Crippen molar-refractivity contribution < 1.29 is 33.7 Å². The Bertz CT molecular complexity index is 852.